The summed E-state index contributed by atoms with van der Waals surface area (Å²) in [6.45, 7) is 0. The minimum Gasteiger partial charge on any atom is -0.496 e. The molecule has 21 heavy (non-hydrogen) atoms. The molecule has 7 nitrogen and oxygen atoms in total. The van der Waals surface area contributed by atoms with Crippen LogP contribution in [0.1, 0.15) is 0 Å². The quantitative estimate of drug-likeness (QED) is 0.728. The van der Waals surface area contributed by atoms with Crippen LogP contribution >= 0.6 is 0 Å². The molecule has 0 N–H and O–H groups in total. The number of benzene rings is 1. The molecular weight excluding hydrogens is 272 g/mol. The average molecular weight is 286 g/mol. The molecule has 2 aromatic heterocycles. The highest BCUT2D eigenvalue weighted by Gasteiger charge is 2.20. The van der Waals surface area contributed by atoms with Gasteiger partial charge in [-0.2, -0.15) is 0 Å². The number of fused-ring (bicyclic) bond motifs is 1. The maximum Gasteiger partial charge on any atom is 0.179 e. The SMILES string of the molecule is COc1cc(OC)c(-c2nnc3cnccn23)c(OC)c1. The highest BCUT2D eigenvalue weighted by Crippen LogP contribution is 2.40. The van der Waals surface area contributed by atoms with E-state index >= 15 is 0 Å². The highest BCUT2D eigenvalue weighted by molar-refractivity contribution is 5.75. The molecule has 2 heterocycles. The summed E-state index contributed by atoms with van der Waals surface area (Å²) in [5.74, 6) is 2.45. The molecule has 3 aromatic rings. The molecule has 1 aromatic carbocycles. The summed E-state index contributed by atoms with van der Waals surface area (Å²) in [5.41, 5.74) is 1.35. The van der Waals surface area contributed by atoms with E-state index < -0.39 is 0 Å². The summed E-state index contributed by atoms with van der Waals surface area (Å²) in [7, 11) is 4.76. The third-order valence-electron chi connectivity index (χ3n) is 3.15. The molecule has 0 aliphatic rings. The number of nitrogens with zero attached hydrogens (tertiary/aromatic N) is 4. The predicted octanol–water partition coefficient (Wildman–Crippen LogP) is 1.82. The molecule has 0 unspecified atom stereocenters. The zero-order chi connectivity index (χ0) is 14.8. The van der Waals surface area contributed by atoms with Crippen molar-refractivity contribution in [3.63, 3.8) is 0 Å². The molecule has 3 rings (SSSR count). The topological polar surface area (TPSA) is 70.8 Å². The average Bonchev–Trinajstić information content (AvgIpc) is 2.97. The number of rotatable bonds is 4. The van der Waals surface area contributed by atoms with Crippen molar-refractivity contribution in [1.29, 1.82) is 0 Å². The second-order valence-electron chi connectivity index (χ2n) is 4.24. The van der Waals surface area contributed by atoms with Gasteiger partial charge in [0.25, 0.3) is 0 Å². The number of hydrogen-bond donors (Lipinski definition) is 0. The fourth-order valence-corrected chi connectivity index (χ4v) is 2.15. The lowest BCUT2D eigenvalue weighted by Gasteiger charge is -2.13. The Morgan fingerprint density at radius 1 is 0.952 bits per heavy atom. The number of ether oxygens (including phenoxy) is 3. The highest BCUT2D eigenvalue weighted by atomic mass is 16.5. The zero-order valence-electron chi connectivity index (χ0n) is 11.9. The molecule has 0 atom stereocenters. The first-order valence-electron chi connectivity index (χ1n) is 6.23. The van der Waals surface area contributed by atoms with Crippen molar-refractivity contribution in [1.82, 2.24) is 19.6 Å². The van der Waals surface area contributed by atoms with Crippen molar-refractivity contribution in [2.45, 2.75) is 0 Å². The van der Waals surface area contributed by atoms with Gasteiger partial charge in [0.05, 0.1) is 27.5 Å². The van der Waals surface area contributed by atoms with Crippen molar-refractivity contribution in [2.24, 2.45) is 0 Å². The van der Waals surface area contributed by atoms with E-state index in [1.165, 1.54) is 0 Å². The molecule has 108 valence electrons. The standard InChI is InChI=1S/C14H14N4O3/c1-19-9-6-10(20-2)13(11(7-9)21-3)14-17-16-12-8-15-4-5-18(12)14/h4-8H,1-3H3. The van der Waals surface area contributed by atoms with Gasteiger partial charge in [-0.05, 0) is 0 Å². The van der Waals surface area contributed by atoms with Gasteiger partial charge in [0.2, 0.25) is 0 Å². The van der Waals surface area contributed by atoms with Gasteiger partial charge < -0.3 is 14.2 Å². The molecule has 0 fully saturated rings. The van der Waals surface area contributed by atoms with Crippen LogP contribution in [0.4, 0.5) is 0 Å². The van der Waals surface area contributed by atoms with Crippen molar-refractivity contribution < 1.29 is 14.2 Å². The van der Waals surface area contributed by atoms with Crippen LogP contribution in [0, 0.1) is 0 Å². The fourth-order valence-electron chi connectivity index (χ4n) is 2.15. The van der Waals surface area contributed by atoms with Crippen LogP contribution in [-0.2, 0) is 0 Å². The minimum atomic E-state index is 0.595. The summed E-state index contributed by atoms with van der Waals surface area (Å²) in [6.07, 6.45) is 5.09. The van der Waals surface area contributed by atoms with Gasteiger partial charge >= 0.3 is 0 Å². The number of methoxy groups -OCH3 is 3. The lowest BCUT2D eigenvalue weighted by atomic mass is 10.1. The third kappa shape index (κ3) is 2.12. The van der Waals surface area contributed by atoms with E-state index in [9.17, 15) is 0 Å². The molecule has 0 radical (unpaired) electrons. The van der Waals surface area contributed by atoms with E-state index in [1.54, 1.807) is 52.1 Å². The predicted molar refractivity (Wildman–Crippen MR) is 75.9 cm³/mol. The van der Waals surface area contributed by atoms with Gasteiger partial charge in [0.1, 0.15) is 22.8 Å². The smallest absolute Gasteiger partial charge is 0.179 e. The Hall–Kier alpha value is -2.83. The first-order valence-corrected chi connectivity index (χ1v) is 6.23. The molecule has 0 saturated heterocycles. The fraction of sp³-hybridized carbons (Fsp3) is 0.214. The number of hydrogen-bond acceptors (Lipinski definition) is 6. The zero-order valence-corrected chi connectivity index (χ0v) is 11.9. The molecule has 0 bridgehead atoms. The van der Waals surface area contributed by atoms with Gasteiger partial charge in [0, 0.05) is 24.5 Å². The van der Waals surface area contributed by atoms with E-state index in [1.807, 2.05) is 4.40 Å². The van der Waals surface area contributed by atoms with Crippen molar-refractivity contribution in [3.05, 3.63) is 30.7 Å². The van der Waals surface area contributed by atoms with Crippen LogP contribution in [0.2, 0.25) is 0 Å². The second kappa shape index (κ2) is 5.28. The van der Waals surface area contributed by atoms with E-state index in [0.29, 0.717) is 34.3 Å². The Bertz CT molecular complexity index is 760. The van der Waals surface area contributed by atoms with E-state index in [-0.39, 0.29) is 0 Å². The first kappa shape index (κ1) is 13.2. The lowest BCUT2D eigenvalue weighted by molar-refractivity contribution is 0.377. The van der Waals surface area contributed by atoms with Crippen molar-refractivity contribution >= 4 is 5.65 Å². The Kier molecular flexibility index (Phi) is 3.31. The first-order chi connectivity index (χ1) is 10.3. The molecule has 0 saturated carbocycles. The minimum absolute atomic E-state index is 0.595. The molecule has 0 aliphatic heterocycles. The van der Waals surface area contributed by atoms with E-state index in [2.05, 4.69) is 15.2 Å². The summed E-state index contributed by atoms with van der Waals surface area (Å²) in [6, 6.07) is 3.56. The number of aromatic nitrogens is 4. The third-order valence-corrected chi connectivity index (χ3v) is 3.15. The summed E-state index contributed by atoms with van der Waals surface area (Å²) < 4.78 is 18.0. The van der Waals surface area contributed by atoms with Crippen LogP contribution in [0.5, 0.6) is 17.2 Å². The van der Waals surface area contributed by atoms with E-state index in [0.717, 1.165) is 0 Å². The Morgan fingerprint density at radius 3 is 2.29 bits per heavy atom. The van der Waals surface area contributed by atoms with E-state index in [4.69, 9.17) is 14.2 Å². The summed E-state index contributed by atoms with van der Waals surface area (Å²) >= 11 is 0. The van der Waals surface area contributed by atoms with Gasteiger partial charge in [-0.1, -0.05) is 0 Å². The van der Waals surface area contributed by atoms with Gasteiger partial charge in [-0.3, -0.25) is 9.38 Å². The molecule has 0 spiro atoms. The van der Waals surface area contributed by atoms with Crippen LogP contribution in [-0.4, -0.2) is 40.9 Å². The summed E-state index contributed by atoms with van der Waals surface area (Å²) in [5, 5.41) is 8.31. The van der Waals surface area contributed by atoms with Gasteiger partial charge in [-0.25, -0.2) is 0 Å². The Labute approximate surface area is 121 Å². The van der Waals surface area contributed by atoms with Crippen LogP contribution in [0.3, 0.4) is 0 Å². The van der Waals surface area contributed by atoms with Crippen LogP contribution in [0.25, 0.3) is 17.0 Å². The van der Waals surface area contributed by atoms with Gasteiger partial charge in [-0.15, -0.1) is 10.2 Å². The van der Waals surface area contributed by atoms with Crippen LogP contribution < -0.4 is 14.2 Å². The molecule has 7 heteroatoms. The van der Waals surface area contributed by atoms with Gasteiger partial charge in [0.15, 0.2) is 11.5 Å². The maximum atomic E-state index is 5.45. The van der Waals surface area contributed by atoms with Crippen molar-refractivity contribution in [3.8, 4) is 28.6 Å². The Morgan fingerprint density at radius 2 is 1.67 bits per heavy atom. The van der Waals surface area contributed by atoms with Crippen LogP contribution in [0.15, 0.2) is 30.7 Å². The summed E-state index contributed by atoms with van der Waals surface area (Å²) in [4.78, 5) is 4.03. The molecule has 0 aliphatic carbocycles. The molecular formula is C14H14N4O3. The van der Waals surface area contributed by atoms with Crippen molar-refractivity contribution in [2.75, 3.05) is 21.3 Å². The normalized spacial score (nSPS) is 10.6. The molecule has 0 amide bonds. The second-order valence-corrected chi connectivity index (χ2v) is 4.24. The maximum absolute atomic E-state index is 5.45. The lowest BCUT2D eigenvalue weighted by Crippen LogP contribution is -1.98. The monoisotopic (exact) mass is 286 g/mol. The largest absolute Gasteiger partial charge is 0.496 e. The Balaban J connectivity index is 2.30.